The SMILES string of the molecule is NS(=O)(=O)c1ccc(F)cc1N(C=Cc1ccc(C(F)(F)F)cc1)S(=O)O. The van der Waals surface area contributed by atoms with Crippen LogP contribution in [0.4, 0.5) is 23.2 Å². The fourth-order valence-electron chi connectivity index (χ4n) is 2.06. The summed E-state index contributed by atoms with van der Waals surface area (Å²) < 4.78 is 95.9. The Balaban J connectivity index is 2.44. The van der Waals surface area contributed by atoms with Gasteiger partial charge in [-0.15, -0.1) is 0 Å². The van der Waals surface area contributed by atoms with E-state index < -0.39 is 49.4 Å². The normalized spacial score (nSPS) is 13.7. The highest BCUT2D eigenvalue weighted by molar-refractivity contribution is 7.89. The molecule has 0 aliphatic rings. The maximum absolute atomic E-state index is 13.5. The zero-order valence-corrected chi connectivity index (χ0v) is 14.9. The Morgan fingerprint density at radius 2 is 1.70 bits per heavy atom. The van der Waals surface area contributed by atoms with Crippen molar-refractivity contribution in [3.8, 4) is 0 Å². The molecule has 0 spiro atoms. The smallest absolute Gasteiger partial charge is 0.289 e. The van der Waals surface area contributed by atoms with Crippen molar-refractivity contribution >= 4 is 33.1 Å². The Labute approximate surface area is 154 Å². The zero-order valence-electron chi connectivity index (χ0n) is 13.2. The van der Waals surface area contributed by atoms with Crippen molar-refractivity contribution in [1.29, 1.82) is 0 Å². The molecule has 12 heteroatoms. The van der Waals surface area contributed by atoms with E-state index in [9.17, 15) is 34.7 Å². The number of rotatable bonds is 5. The standard InChI is InChI=1S/C15H12F4N2O4S2/c16-12-5-6-14(27(20,24)25)13(9-12)21(26(22)23)8-7-10-1-3-11(4-2-10)15(17,18)19/h1-9H,(H,22,23)(H2,20,24,25). The van der Waals surface area contributed by atoms with Crippen molar-refractivity contribution in [2.75, 3.05) is 4.31 Å². The van der Waals surface area contributed by atoms with Crippen molar-refractivity contribution in [2.24, 2.45) is 5.14 Å². The number of halogens is 4. The van der Waals surface area contributed by atoms with Gasteiger partial charge in [-0.05, 0) is 42.0 Å². The van der Waals surface area contributed by atoms with Crippen LogP contribution in [0, 0.1) is 5.82 Å². The first-order chi connectivity index (χ1) is 12.4. The van der Waals surface area contributed by atoms with E-state index in [-0.39, 0.29) is 5.56 Å². The summed E-state index contributed by atoms with van der Waals surface area (Å²) in [5.74, 6) is -0.893. The number of alkyl halides is 3. The van der Waals surface area contributed by atoms with E-state index >= 15 is 0 Å². The van der Waals surface area contributed by atoms with Crippen LogP contribution in [0.2, 0.25) is 0 Å². The third-order valence-electron chi connectivity index (χ3n) is 3.27. The third kappa shape index (κ3) is 5.35. The zero-order chi connectivity index (χ0) is 20.4. The lowest BCUT2D eigenvalue weighted by Crippen LogP contribution is -2.23. The minimum Gasteiger partial charge on any atom is -0.289 e. The molecule has 1 unspecified atom stereocenters. The van der Waals surface area contributed by atoms with Gasteiger partial charge in [-0.25, -0.2) is 26.5 Å². The van der Waals surface area contributed by atoms with Crippen LogP contribution in [0.5, 0.6) is 0 Å². The average Bonchev–Trinajstić information content (AvgIpc) is 2.53. The summed E-state index contributed by atoms with van der Waals surface area (Å²) in [5.41, 5.74) is -1.18. The number of hydrogen-bond acceptors (Lipinski definition) is 3. The van der Waals surface area contributed by atoms with E-state index in [4.69, 9.17) is 5.14 Å². The van der Waals surface area contributed by atoms with Gasteiger partial charge in [0.1, 0.15) is 10.7 Å². The largest absolute Gasteiger partial charge is 0.416 e. The molecule has 0 bridgehead atoms. The lowest BCUT2D eigenvalue weighted by atomic mass is 10.1. The predicted molar refractivity (Wildman–Crippen MR) is 91.5 cm³/mol. The first kappa shape index (κ1) is 21.0. The maximum Gasteiger partial charge on any atom is 0.416 e. The number of nitrogens with zero attached hydrogens (tertiary/aromatic N) is 1. The van der Waals surface area contributed by atoms with E-state index in [1.807, 2.05) is 0 Å². The number of anilines is 1. The summed E-state index contributed by atoms with van der Waals surface area (Å²) in [6.07, 6.45) is -2.46. The van der Waals surface area contributed by atoms with Crippen LogP contribution in [0.15, 0.2) is 53.6 Å². The summed E-state index contributed by atoms with van der Waals surface area (Å²) in [6.45, 7) is 0. The summed E-state index contributed by atoms with van der Waals surface area (Å²) in [6, 6.07) is 6.13. The molecular weight excluding hydrogens is 412 g/mol. The molecule has 2 aromatic carbocycles. The highest BCUT2D eigenvalue weighted by atomic mass is 32.2. The highest BCUT2D eigenvalue weighted by Gasteiger charge is 2.29. The van der Waals surface area contributed by atoms with Gasteiger partial charge in [0.15, 0.2) is 0 Å². The molecule has 2 aromatic rings. The van der Waals surface area contributed by atoms with Gasteiger partial charge in [-0.1, -0.05) is 12.1 Å². The van der Waals surface area contributed by atoms with Gasteiger partial charge in [0.2, 0.25) is 10.0 Å². The summed E-state index contributed by atoms with van der Waals surface area (Å²) >= 11 is -2.82. The molecule has 146 valence electrons. The van der Waals surface area contributed by atoms with E-state index in [0.717, 1.165) is 48.7 Å². The highest BCUT2D eigenvalue weighted by Crippen LogP contribution is 2.30. The lowest BCUT2D eigenvalue weighted by Gasteiger charge is -2.18. The van der Waals surface area contributed by atoms with E-state index in [1.165, 1.54) is 0 Å². The fraction of sp³-hybridized carbons (Fsp3) is 0.0667. The second kappa shape index (κ2) is 7.76. The summed E-state index contributed by atoms with van der Waals surface area (Å²) in [4.78, 5) is -0.608. The Morgan fingerprint density at radius 1 is 1.11 bits per heavy atom. The number of sulfonamides is 1. The Morgan fingerprint density at radius 3 is 2.19 bits per heavy atom. The quantitative estimate of drug-likeness (QED) is 0.569. The molecule has 0 aromatic heterocycles. The Hall–Kier alpha value is -2.28. The molecule has 0 aliphatic carbocycles. The molecule has 6 nitrogen and oxygen atoms in total. The molecule has 0 saturated carbocycles. The van der Waals surface area contributed by atoms with Gasteiger partial charge < -0.3 is 0 Å². The maximum atomic E-state index is 13.5. The first-order valence-corrected chi connectivity index (χ1v) is 9.58. The van der Waals surface area contributed by atoms with E-state index in [0.29, 0.717) is 10.4 Å². The number of primary sulfonamides is 1. The van der Waals surface area contributed by atoms with Gasteiger partial charge in [0.25, 0.3) is 11.3 Å². The Bertz CT molecular complexity index is 990. The molecule has 0 radical (unpaired) electrons. The minimum absolute atomic E-state index is 0.215. The van der Waals surface area contributed by atoms with Crippen molar-refractivity contribution in [3.63, 3.8) is 0 Å². The summed E-state index contributed by atoms with van der Waals surface area (Å²) in [5, 5.41) is 5.02. The predicted octanol–water partition coefficient (Wildman–Crippen LogP) is 3.11. The van der Waals surface area contributed by atoms with Gasteiger partial charge >= 0.3 is 6.18 Å². The molecule has 0 amide bonds. The number of hydrogen-bond donors (Lipinski definition) is 2. The van der Waals surface area contributed by atoms with Gasteiger partial charge in [0, 0.05) is 6.20 Å². The van der Waals surface area contributed by atoms with Crippen molar-refractivity contribution < 1.29 is 34.7 Å². The number of benzene rings is 2. The second-order valence-corrected chi connectivity index (χ2v) is 7.53. The second-order valence-electron chi connectivity index (χ2n) is 5.15. The molecule has 2 rings (SSSR count). The van der Waals surface area contributed by atoms with E-state index in [2.05, 4.69) is 0 Å². The van der Waals surface area contributed by atoms with Crippen molar-refractivity contribution in [3.05, 3.63) is 65.6 Å². The van der Waals surface area contributed by atoms with Crippen LogP contribution < -0.4 is 9.44 Å². The van der Waals surface area contributed by atoms with Crippen molar-refractivity contribution in [1.82, 2.24) is 0 Å². The molecule has 27 heavy (non-hydrogen) atoms. The lowest BCUT2D eigenvalue weighted by molar-refractivity contribution is -0.137. The van der Waals surface area contributed by atoms with Crippen molar-refractivity contribution in [2.45, 2.75) is 11.1 Å². The van der Waals surface area contributed by atoms with Crippen LogP contribution in [-0.4, -0.2) is 17.2 Å². The van der Waals surface area contributed by atoms with Gasteiger partial charge in [-0.3, -0.25) is 4.55 Å². The van der Waals surface area contributed by atoms with Crippen LogP contribution in [0.3, 0.4) is 0 Å². The molecule has 0 aliphatic heterocycles. The number of nitrogens with two attached hydrogens (primary N) is 1. The van der Waals surface area contributed by atoms with Gasteiger partial charge in [0.05, 0.1) is 11.3 Å². The third-order valence-corrected chi connectivity index (χ3v) is 4.89. The fourth-order valence-corrected chi connectivity index (χ4v) is 3.31. The average molecular weight is 424 g/mol. The topological polar surface area (TPSA) is 101 Å². The van der Waals surface area contributed by atoms with Crippen LogP contribution in [0.25, 0.3) is 6.08 Å². The van der Waals surface area contributed by atoms with Crippen LogP contribution >= 0.6 is 0 Å². The molecule has 0 saturated heterocycles. The first-order valence-electron chi connectivity index (χ1n) is 6.97. The van der Waals surface area contributed by atoms with Crippen LogP contribution in [0.1, 0.15) is 11.1 Å². The monoisotopic (exact) mass is 424 g/mol. The molecule has 1 atom stereocenters. The molecule has 0 fully saturated rings. The summed E-state index contributed by atoms with van der Waals surface area (Å²) in [7, 11) is -4.35. The molecule has 3 N–H and O–H groups in total. The van der Waals surface area contributed by atoms with Gasteiger partial charge in [-0.2, -0.15) is 13.2 Å². The molecule has 0 heterocycles. The molecular formula is C15H12F4N2O4S2. The van der Waals surface area contributed by atoms with Crippen LogP contribution in [-0.2, 0) is 27.5 Å². The Kier molecular flexibility index (Phi) is 6.04. The minimum atomic E-state index is -4.52. The van der Waals surface area contributed by atoms with E-state index in [1.54, 1.807) is 0 Å².